The van der Waals surface area contributed by atoms with Crippen molar-refractivity contribution in [3.05, 3.63) is 70.7 Å². The van der Waals surface area contributed by atoms with Crippen molar-refractivity contribution in [2.45, 2.75) is 6.54 Å². The highest BCUT2D eigenvalue weighted by molar-refractivity contribution is 6.04. The molecule has 0 aliphatic carbocycles. The minimum Gasteiger partial charge on any atom is -0.501 e. The molecule has 11 nitrogen and oxygen atoms in total. The predicted molar refractivity (Wildman–Crippen MR) is 116 cm³/mol. The van der Waals surface area contributed by atoms with E-state index in [0.29, 0.717) is 6.54 Å². The summed E-state index contributed by atoms with van der Waals surface area (Å²) in [4.78, 5) is 31.1. The zero-order valence-electron chi connectivity index (χ0n) is 17.7. The largest absolute Gasteiger partial charge is 0.501 e. The van der Waals surface area contributed by atoms with E-state index in [1.54, 1.807) is 22.8 Å². The summed E-state index contributed by atoms with van der Waals surface area (Å²) >= 11 is 0. The molecule has 164 valence electrons. The number of hydrogen-bond donors (Lipinski definition) is 2. The van der Waals surface area contributed by atoms with Gasteiger partial charge in [0.25, 0.3) is 11.5 Å². The lowest BCUT2D eigenvalue weighted by Gasteiger charge is -2.22. The smallest absolute Gasteiger partial charge is 0.297 e. The summed E-state index contributed by atoms with van der Waals surface area (Å²) < 4.78 is 7.59. The molecular formula is C21H21N7O4. The van der Waals surface area contributed by atoms with Crippen LogP contribution in [0.1, 0.15) is 16.1 Å². The maximum Gasteiger partial charge on any atom is 0.297 e. The molecule has 0 aliphatic heterocycles. The molecule has 32 heavy (non-hydrogen) atoms. The van der Waals surface area contributed by atoms with Gasteiger partial charge in [0.2, 0.25) is 11.7 Å². The molecule has 0 aliphatic rings. The molecule has 0 unspecified atom stereocenters. The molecule has 3 aromatic heterocycles. The molecule has 2 N–H and O–H groups in total. The van der Waals surface area contributed by atoms with Gasteiger partial charge >= 0.3 is 0 Å². The van der Waals surface area contributed by atoms with Crippen LogP contribution >= 0.6 is 0 Å². The van der Waals surface area contributed by atoms with Crippen LogP contribution in [0.2, 0.25) is 0 Å². The minimum absolute atomic E-state index is 0.218. The predicted octanol–water partition coefficient (Wildman–Crippen LogP) is 1.76. The summed E-state index contributed by atoms with van der Waals surface area (Å²) in [7, 11) is 5.08. The van der Waals surface area contributed by atoms with Crippen LogP contribution in [0.25, 0.3) is 11.1 Å². The summed E-state index contributed by atoms with van der Waals surface area (Å²) in [6, 6.07) is 7.90. The van der Waals surface area contributed by atoms with Gasteiger partial charge in [0, 0.05) is 39.4 Å². The molecule has 0 radical (unpaired) electrons. The Bertz CT molecular complexity index is 1320. The molecular weight excluding hydrogens is 414 g/mol. The molecule has 0 atom stereocenters. The van der Waals surface area contributed by atoms with E-state index in [2.05, 4.69) is 25.1 Å². The number of carbonyl (C=O) groups excluding carboxylic acids is 1. The van der Waals surface area contributed by atoms with Gasteiger partial charge in [-0.2, -0.15) is 5.10 Å². The number of aromatic hydroxyl groups is 1. The molecule has 1 aromatic carbocycles. The van der Waals surface area contributed by atoms with E-state index in [9.17, 15) is 14.7 Å². The number of carbonyl (C=O) groups is 1. The number of aromatic nitrogens is 5. The number of anilines is 2. The second kappa shape index (κ2) is 8.38. The first kappa shape index (κ1) is 20.8. The second-order valence-electron chi connectivity index (χ2n) is 7.30. The molecule has 0 saturated carbocycles. The highest BCUT2D eigenvalue weighted by atomic mass is 16.5. The second-order valence-corrected chi connectivity index (χ2v) is 7.30. The lowest BCUT2D eigenvalue weighted by Crippen LogP contribution is -2.31. The van der Waals surface area contributed by atoms with Gasteiger partial charge in [-0.3, -0.25) is 18.8 Å². The third kappa shape index (κ3) is 4.08. The van der Waals surface area contributed by atoms with Gasteiger partial charge in [-0.05, 0) is 17.2 Å². The Balaban J connectivity index is 1.62. The van der Waals surface area contributed by atoms with Crippen molar-refractivity contribution in [1.82, 2.24) is 24.5 Å². The summed E-state index contributed by atoms with van der Waals surface area (Å²) in [6.07, 6.45) is 6.22. The fourth-order valence-electron chi connectivity index (χ4n) is 3.30. The Morgan fingerprint density at radius 2 is 2.06 bits per heavy atom. The van der Waals surface area contributed by atoms with Crippen LogP contribution in [0.4, 0.5) is 11.6 Å². The van der Waals surface area contributed by atoms with Crippen LogP contribution < -0.4 is 15.8 Å². The maximum absolute atomic E-state index is 12.6. The van der Waals surface area contributed by atoms with Crippen LogP contribution in [0.5, 0.6) is 5.75 Å². The Morgan fingerprint density at radius 1 is 1.25 bits per heavy atom. The number of nitrogens with one attached hydrogen (secondary N) is 1. The quantitative estimate of drug-likeness (QED) is 0.468. The topological polar surface area (TPSA) is 131 Å². The first-order chi connectivity index (χ1) is 15.3. The fourth-order valence-corrected chi connectivity index (χ4v) is 3.30. The van der Waals surface area contributed by atoms with E-state index in [1.807, 2.05) is 37.5 Å². The third-order valence-corrected chi connectivity index (χ3v) is 4.87. The average molecular weight is 435 g/mol. The molecule has 0 spiro atoms. The molecule has 0 bridgehead atoms. The first-order valence-corrected chi connectivity index (χ1v) is 9.63. The van der Waals surface area contributed by atoms with Crippen LogP contribution in [0.3, 0.4) is 0 Å². The summed E-state index contributed by atoms with van der Waals surface area (Å²) in [5.74, 6) is -1.27. The van der Waals surface area contributed by atoms with E-state index in [4.69, 9.17) is 0 Å². The Morgan fingerprint density at radius 3 is 2.75 bits per heavy atom. The molecule has 0 saturated heterocycles. The van der Waals surface area contributed by atoms with Crippen LogP contribution in [-0.2, 0) is 20.6 Å². The first-order valence-electron chi connectivity index (χ1n) is 9.63. The maximum atomic E-state index is 12.6. The monoisotopic (exact) mass is 435 g/mol. The van der Waals surface area contributed by atoms with Gasteiger partial charge in [0.1, 0.15) is 12.0 Å². The van der Waals surface area contributed by atoms with Crippen LogP contribution in [0.15, 0.2) is 58.4 Å². The van der Waals surface area contributed by atoms with Gasteiger partial charge < -0.3 is 19.8 Å². The Labute approximate surface area is 182 Å². The van der Waals surface area contributed by atoms with E-state index in [0.717, 1.165) is 16.7 Å². The van der Waals surface area contributed by atoms with Crippen LogP contribution in [0, 0.1) is 0 Å². The van der Waals surface area contributed by atoms with Crippen LogP contribution in [-0.4, -0.2) is 42.5 Å². The van der Waals surface area contributed by atoms with Crippen molar-refractivity contribution in [2.75, 3.05) is 17.3 Å². The van der Waals surface area contributed by atoms with Crippen molar-refractivity contribution >= 4 is 17.5 Å². The molecule has 0 fully saturated rings. The number of hydrogen-bond acceptors (Lipinski definition) is 8. The number of rotatable bonds is 6. The minimum atomic E-state index is -0.753. The average Bonchev–Trinajstić information content (AvgIpc) is 3.44. The molecule has 4 rings (SSSR count). The highest BCUT2D eigenvalue weighted by Crippen LogP contribution is 2.22. The third-order valence-electron chi connectivity index (χ3n) is 4.87. The lowest BCUT2D eigenvalue weighted by molar-refractivity contribution is 0.101. The van der Waals surface area contributed by atoms with E-state index in [1.165, 1.54) is 24.1 Å². The normalized spacial score (nSPS) is 10.8. The standard InChI is InChI=1S/C21H21N7O4/c1-26(10-13-5-4-6-14(7-13)15-8-22-27(2)11-15)21-25-17(18(29)20(31)28(21)3)19(30)24-16-9-23-32-12-16/h4-9,11-12,29H,10H2,1-3H3,(H,24,30). The van der Waals surface area contributed by atoms with Gasteiger partial charge in [-0.1, -0.05) is 23.4 Å². The molecule has 11 heteroatoms. The summed E-state index contributed by atoms with van der Waals surface area (Å²) in [5, 5.41) is 20.4. The fraction of sp³-hybridized carbons (Fsp3) is 0.190. The Hall–Kier alpha value is -4.41. The van der Waals surface area contributed by atoms with Gasteiger partial charge in [-0.25, -0.2) is 4.98 Å². The van der Waals surface area contributed by atoms with Gasteiger partial charge in [0.05, 0.1) is 12.4 Å². The SMILES string of the molecule is CN(Cc1cccc(-c2cnn(C)c2)c1)c1nc(C(=O)Nc2cnoc2)c(O)c(=O)n1C. The van der Waals surface area contributed by atoms with E-state index < -0.39 is 17.2 Å². The summed E-state index contributed by atoms with van der Waals surface area (Å²) in [6.45, 7) is 0.409. The number of nitrogens with zero attached hydrogens (tertiary/aromatic N) is 6. The molecule has 3 heterocycles. The van der Waals surface area contributed by atoms with Crippen molar-refractivity contribution < 1.29 is 14.4 Å². The van der Waals surface area contributed by atoms with Crippen molar-refractivity contribution in [1.29, 1.82) is 0 Å². The zero-order chi connectivity index (χ0) is 22.8. The molecule has 4 aromatic rings. The number of benzene rings is 1. The van der Waals surface area contributed by atoms with Crippen molar-refractivity contribution in [2.24, 2.45) is 14.1 Å². The molecule has 1 amide bonds. The van der Waals surface area contributed by atoms with Crippen molar-refractivity contribution in [3.8, 4) is 16.9 Å². The highest BCUT2D eigenvalue weighted by Gasteiger charge is 2.22. The lowest BCUT2D eigenvalue weighted by atomic mass is 10.1. The van der Waals surface area contributed by atoms with Gasteiger partial charge in [0.15, 0.2) is 5.69 Å². The van der Waals surface area contributed by atoms with E-state index in [-0.39, 0.29) is 17.3 Å². The number of amides is 1. The summed E-state index contributed by atoms with van der Waals surface area (Å²) in [5.41, 5.74) is 2.11. The zero-order valence-corrected chi connectivity index (χ0v) is 17.7. The van der Waals surface area contributed by atoms with Crippen molar-refractivity contribution in [3.63, 3.8) is 0 Å². The van der Waals surface area contributed by atoms with E-state index >= 15 is 0 Å². The number of aryl methyl sites for hydroxylation is 1. The Kier molecular flexibility index (Phi) is 5.46. The van der Waals surface area contributed by atoms with Gasteiger partial charge in [-0.15, -0.1) is 0 Å².